The third-order valence-corrected chi connectivity index (χ3v) is 7.97. The van der Waals surface area contributed by atoms with Gasteiger partial charge in [-0.05, 0) is 19.3 Å². The molecule has 2 nitrogen and oxygen atoms in total. The van der Waals surface area contributed by atoms with E-state index in [9.17, 15) is 0 Å². The highest BCUT2D eigenvalue weighted by molar-refractivity contribution is 4.63. The van der Waals surface area contributed by atoms with Crippen molar-refractivity contribution in [2.45, 2.75) is 193 Å². The Morgan fingerprint density at radius 2 is 0.829 bits per heavy atom. The Balaban J connectivity index is 1.60. The normalized spacial score (nSPS) is 15.9. The van der Waals surface area contributed by atoms with Gasteiger partial charge in [0, 0.05) is 13.2 Å². The SMILES string of the molecule is CCCCCCCCCCCCCCCCCCCCCCCCCCCCOCC1CCCO1. The molecule has 2 heteroatoms. The van der Waals surface area contributed by atoms with Gasteiger partial charge < -0.3 is 9.47 Å². The van der Waals surface area contributed by atoms with Crippen molar-refractivity contribution < 1.29 is 9.47 Å². The molecule has 0 aromatic carbocycles. The molecular formula is C33H66O2. The summed E-state index contributed by atoms with van der Waals surface area (Å²) in [5, 5.41) is 0. The smallest absolute Gasteiger partial charge is 0.0809 e. The summed E-state index contributed by atoms with van der Waals surface area (Å²) in [6, 6.07) is 0. The third kappa shape index (κ3) is 25.4. The predicted molar refractivity (Wildman–Crippen MR) is 156 cm³/mol. The standard InChI is InChI=1S/C33H66O2/c1-2-3-4-5-6-7-8-9-10-11-12-13-14-15-16-17-18-19-20-21-22-23-24-25-26-27-30-34-32-33-29-28-31-35-33/h33H,2-32H2,1H3. The molecular weight excluding hydrogens is 428 g/mol. The molecule has 0 aromatic heterocycles. The minimum Gasteiger partial charge on any atom is -0.379 e. The molecule has 1 unspecified atom stereocenters. The molecule has 0 radical (unpaired) electrons. The van der Waals surface area contributed by atoms with Crippen molar-refractivity contribution >= 4 is 0 Å². The number of hydrogen-bond acceptors (Lipinski definition) is 2. The lowest BCUT2D eigenvalue weighted by atomic mass is 10.0. The van der Waals surface area contributed by atoms with Crippen LogP contribution in [-0.2, 0) is 9.47 Å². The van der Waals surface area contributed by atoms with Crippen molar-refractivity contribution in [3.8, 4) is 0 Å². The Labute approximate surface area is 222 Å². The van der Waals surface area contributed by atoms with Gasteiger partial charge >= 0.3 is 0 Å². The molecule has 0 spiro atoms. The Morgan fingerprint density at radius 3 is 1.14 bits per heavy atom. The summed E-state index contributed by atoms with van der Waals surface area (Å²) in [5.41, 5.74) is 0. The van der Waals surface area contributed by atoms with Gasteiger partial charge in [0.1, 0.15) is 0 Å². The van der Waals surface area contributed by atoms with E-state index in [0.717, 1.165) is 19.8 Å². The van der Waals surface area contributed by atoms with Crippen molar-refractivity contribution in [3.63, 3.8) is 0 Å². The molecule has 1 heterocycles. The van der Waals surface area contributed by atoms with Gasteiger partial charge in [-0.3, -0.25) is 0 Å². The maximum absolute atomic E-state index is 5.75. The van der Waals surface area contributed by atoms with Gasteiger partial charge in [0.2, 0.25) is 0 Å². The first-order valence-corrected chi connectivity index (χ1v) is 16.6. The van der Waals surface area contributed by atoms with Crippen molar-refractivity contribution in [1.82, 2.24) is 0 Å². The van der Waals surface area contributed by atoms with Gasteiger partial charge in [-0.25, -0.2) is 0 Å². The highest BCUT2D eigenvalue weighted by Crippen LogP contribution is 2.16. The molecule has 0 amide bonds. The Bertz CT molecular complexity index is 377. The van der Waals surface area contributed by atoms with Crippen LogP contribution in [0.4, 0.5) is 0 Å². The van der Waals surface area contributed by atoms with Gasteiger partial charge in [0.05, 0.1) is 12.7 Å². The second-order valence-electron chi connectivity index (χ2n) is 11.5. The lowest BCUT2D eigenvalue weighted by molar-refractivity contribution is 0.0161. The van der Waals surface area contributed by atoms with E-state index in [4.69, 9.17) is 9.47 Å². The number of unbranched alkanes of at least 4 members (excludes halogenated alkanes) is 25. The molecule has 1 fully saturated rings. The van der Waals surface area contributed by atoms with Crippen LogP contribution in [0, 0.1) is 0 Å². The van der Waals surface area contributed by atoms with E-state index >= 15 is 0 Å². The van der Waals surface area contributed by atoms with E-state index in [-0.39, 0.29) is 0 Å². The third-order valence-electron chi connectivity index (χ3n) is 7.97. The Kier molecular flexibility index (Phi) is 26.8. The van der Waals surface area contributed by atoms with Gasteiger partial charge in [-0.2, -0.15) is 0 Å². The summed E-state index contributed by atoms with van der Waals surface area (Å²) in [7, 11) is 0. The quantitative estimate of drug-likeness (QED) is 0.0962. The lowest BCUT2D eigenvalue weighted by Gasteiger charge is -2.09. The van der Waals surface area contributed by atoms with Crippen LogP contribution < -0.4 is 0 Å². The first kappa shape index (κ1) is 32.9. The monoisotopic (exact) mass is 495 g/mol. The summed E-state index contributed by atoms with van der Waals surface area (Å²) in [5.74, 6) is 0. The summed E-state index contributed by atoms with van der Waals surface area (Å²) < 4.78 is 11.3. The molecule has 0 aliphatic carbocycles. The highest BCUT2D eigenvalue weighted by atomic mass is 16.5. The van der Waals surface area contributed by atoms with Crippen LogP contribution >= 0.6 is 0 Å². The molecule has 1 aliphatic heterocycles. The van der Waals surface area contributed by atoms with Gasteiger partial charge in [-0.1, -0.05) is 167 Å². The molecule has 210 valence electrons. The van der Waals surface area contributed by atoms with E-state index in [1.165, 1.54) is 180 Å². The van der Waals surface area contributed by atoms with Crippen molar-refractivity contribution in [2.24, 2.45) is 0 Å². The minimum absolute atomic E-state index is 0.388. The number of ether oxygens (including phenoxy) is 2. The van der Waals surface area contributed by atoms with Crippen LogP contribution in [0.25, 0.3) is 0 Å². The van der Waals surface area contributed by atoms with E-state index in [1.54, 1.807) is 0 Å². The predicted octanol–water partition coefficient (Wildman–Crippen LogP) is 11.3. The molecule has 1 rings (SSSR count). The van der Waals surface area contributed by atoms with E-state index in [0.29, 0.717) is 6.10 Å². The minimum atomic E-state index is 0.388. The van der Waals surface area contributed by atoms with Crippen molar-refractivity contribution in [3.05, 3.63) is 0 Å². The zero-order valence-electron chi connectivity index (χ0n) is 24.3. The highest BCUT2D eigenvalue weighted by Gasteiger charge is 2.14. The first-order chi connectivity index (χ1) is 17.4. The average Bonchev–Trinajstić information content (AvgIpc) is 3.39. The molecule has 1 aliphatic rings. The van der Waals surface area contributed by atoms with Gasteiger partial charge in [-0.15, -0.1) is 0 Å². The van der Waals surface area contributed by atoms with Crippen molar-refractivity contribution in [1.29, 1.82) is 0 Å². The molecule has 0 N–H and O–H groups in total. The topological polar surface area (TPSA) is 18.5 Å². The van der Waals surface area contributed by atoms with Crippen LogP contribution in [0.3, 0.4) is 0 Å². The van der Waals surface area contributed by atoms with E-state index in [1.807, 2.05) is 0 Å². The fourth-order valence-corrected chi connectivity index (χ4v) is 5.51. The second kappa shape index (κ2) is 28.5. The Morgan fingerprint density at radius 1 is 0.486 bits per heavy atom. The maximum Gasteiger partial charge on any atom is 0.0809 e. The average molecular weight is 495 g/mol. The van der Waals surface area contributed by atoms with Crippen LogP contribution in [0.5, 0.6) is 0 Å². The Hall–Kier alpha value is -0.0800. The fraction of sp³-hybridized carbons (Fsp3) is 1.00. The lowest BCUT2D eigenvalue weighted by Crippen LogP contribution is -2.14. The molecule has 0 bridgehead atoms. The molecule has 1 atom stereocenters. The summed E-state index contributed by atoms with van der Waals surface area (Å²) >= 11 is 0. The summed E-state index contributed by atoms with van der Waals surface area (Å²) in [6.07, 6.45) is 40.5. The largest absolute Gasteiger partial charge is 0.379 e. The van der Waals surface area contributed by atoms with Gasteiger partial charge in [0.25, 0.3) is 0 Å². The second-order valence-corrected chi connectivity index (χ2v) is 11.5. The molecule has 0 saturated carbocycles. The number of rotatable bonds is 29. The molecule has 0 aromatic rings. The van der Waals surface area contributed by atoms with E-state index in [2.05, 4.69) is 6.92 Å². The van der Waals surface area contributed by atoms with E-state index < -0.39 is 0 Å². The summed E-state index contributed by atoms with van der Waals surface area (Å²) in [4.78, 5) is 0. The van der Waals surface area contributed by atoms with Crippen LogP contribution in [0.1, 0.15) is 187 Å². The van der Waals surface area contributed by atoms with Crippen LogP contribution in [0.15, 0.2) is 0 Å². The fourth-order valence-electron chi connectivity index (χ4n) is 5.51. The number of hydrogen-bond donors (Lipinski definition) is 0. The molecule has 1 saturated heterocycles. The first-order valence-electron chi connectivity index (χ1n) is 16.6. The van der Waals surface area contributed by atoms with Crippen LogP contribution in [-0.4, -0.2) is 25.9 Å². The van der Waals surface area contributed by atoms with Crippen molar-refractivity contribution in [2.75, 3.05) is 19.8 Å². The zero-order valence-corrected chi connectivity index (χ0v) is 24.3. The van der Waals surface area contributed by atoms with Crippen LogP contribution in [0.2, 0.25) is 0 Å². The zero-order chi connectivity index (χ0) is 24.9. The maximum atomic E-state index is 5.75. The summed E-state index contributed by atoms with van der Waals surface area (Å²) in [6.45, 7) is 4.99. The van der Waals surface area contributed by atoms with Gasteiger partial charge in [0.15, 0.2) is 0 Å². The molecule has 35 heavy (non-hydrogen) atoms.